The van der Waals surface area contributed by atoms with Gasteiger partial charge in [0.25, 0.3) is 0 Å². The molecule has 2 heteroatoms. The van der Waals surface area contributed by atoms with Gasteiger partial charge in [-0.25, -0.2) is 0 Å². The zero-order chi connectivity index (χ0) is 15.5. The molecule has 0 amide bonds. The molecule has 22 heavy (non-hydrogen) atoms. The molecule has 3 fully saturated rings. The SMILES string of the molecule is C[C@@]12CC[C@H]3[C@H](CCC4=CC(=O)CC[C@]43C)[C@@H]1CCC[C@@H]2O. The van der Waals surface area contributed by atoms with Crippen molar-refractivity contribution in [2.24, 2.45) is 28.6 Å². The van der Waals surface area contributed by atoms with Gasteiger partial charge in [0.2, 0.25) is 0 Å². The zero-order valence-electron chi connectivity index (χ0n) is 14.1. The number of carbonyl (C=O) groups excluding carboxylic acids is 1. The molecule has 4 aliphatic rings. The van der Waals surface area contributed by atoms with Crippen LogP contribution in [0.1, 0.15) is 71.6 Å². The highest BCUT2D eigenvalue weighted by Gasteiger charge is 2.57. The van der Waals surface area contributed by atoms with Crippen LogP contribution in [0.25, 0.3) is 0 Å². The Morgan fingerprint density at radius 3 is 2.68 bits per heavy atom. The van der Waals surface area contributed by atoms with Crippen LogP contribution in [0.15, 0.2) is 11.6 Å². The molecule has 0 unspecified atom stereocenters. The Balaban J connectivity index is 1.68. The molecule has 0 spiro atoms. The van der Waals surface area contributed by atoms with E-state index in [4.69, 9.17) is 0 Å². The van der Waals surface area contributed by atoms with Crippen LogP contribution in [0.2, 0.25) is 0 Å². The van der Waals surface area contributed by atoms with Crippen molar-refractivity contribution in [2.45, 2.75) is 77.7 Å². The molecule has 0 saturated heterocycles. The van der Waals surface area contributed by atoms with E-state index >= 15 is 0 Å². The predicted molar refractivity (Wildman–Crippen MR) is 87.3 cm³/mol. The molecule has 0 bridgehead atoms. The van der Waals surface area contributed by atoms with E-state index in [1.165, 1.54) is 37.7 Å². The quantitative estimate of drug-likeness (QED) is 0.725. The molecular formula is C20H30O2. The molecule has 0 aliphatic heterocycles. The molecule has 4 rings (SSSR count). The molecule has 1 N–H and O–H groups in total. The maximum Gasteiger partial charge on any atom is 0.155 e. The lowest BCUT2D eigenvalue weighted by atomic mass is 9.44. The van der Waals surface area contributed by atoms with Gasteiger partial charge in [-0.05, 0) is 79.6 Å². The second kappa shape index (κ2) is 4.93. The molecule has 4 aliphatic carbocycles. The third kappa shape index (κ3) is 1.92. The van der Waals surface area contributed by atoms with Crippen molar-refractivity contribution < 1.29 is 9.90 Å². The summed E-state index contributed by atoms with van der Waals surface area (Å²) in [5.74, 6) is 2.55. The monoisotopic (exact) mass is 302 g/mol. The van der Waals surface area contributed by atoms with Gasteiger partial charge in [0.1, 0.15) is 0 Å². The summed E-state index contributed by atoms with van der Waals surface area (Å²) in [6, 6.07) is 0. The van der Waals surface area contributed by atoms with Gasteiger partial charge in [-0.1, -0.05) is 25.8 Å². The topological polar surface area (TPSA) is 37.3 Å². The lowest BCUT2D eigenvalue weighted by Gasteiger charge is -2.61. The maximum absolute atomic E-state index is 11.8. The Morgan fingerprint density at radius 2 is 1.86 bits per heavy atom. The Hall–Kier alpha value is -0.630. The van der Waals surface area contributed by atoms with Crippen LogP contribution in [0.4, 0.5) is 0 Å². The Bertz CT molecular complexity index is 522. The molecule has 0 radical (unpaired) electrons. The number of aliphatic hydroxyl groups excluding tert-OH is 1. The van der Waals surface area contributed by atoms with Crippen LogP contribution in [0, 0.1) is 28.6 Å². The average molecular weight is 302 g/mol. The molecule has 0 aromatic heterocycles. The molecule has 3 saturated carbocycles. The largest absolute Gasteiger partial charge is 0.393 e. The summed E-state index contributed by atoms with van der Waals surface area (Å²) in [5, 5.41) is 10.6. The van der Waals surface area contributed by atoms with Crippen molar-refractivity contribution >= 4 is 5.78 Å². The molecule has 2 nitrogen and oxygen atoms in total. The Kier molecular flexibility index (Phi) is 3.35. The minimum atomic E-state index is -0.0927. The standard InChI is InChI=1S/C20H30O2/c1-19-10-8-14(21)12-13(19)6-7-15-16-4-3-5-18(22)20(16,2)11-9-17(15)19/h12,15-18,22H,3-11H2,1-2H3/t15-,16+,17+,18+,19-,20-/m1/s1. The summed E-state index contributed by atoms with van der Waals surface area (Å²) in [4.78, 5) is 11.8. The number of rotatable bonds is 0. The minimum absolute atomic E-state index is 0.0927. The number of fused-ring (bicyclic) bond motifs is 5. The van der Waals surface area contributed by atoms with Crippen molar-refractivity contribution in [3.05, 3.63) is 11.6 Å². The fourth-order valence-electron chi connectivity index (χ4n) is 6.73. The summed E-state index contributed by atoms with van der Waals surface area (Å²) in [7, 11) is 0. The Labute approximate surface area is 134 Å². The second-order valence-corrected chi connectivity index (χ2v) is 8.96. The minimum Gasteiger partial charge on any atom is -0.393 e. The highest BCUT2D eigenvalue weighted by Crippen LogP contribution is 2.64. The molecule has 6 atom stereocenters. The Morgan fingerprint density at radius 1 is 1.05 bits per heavy atom. The van der Waals surface area contributed by atoms with Crippen molar-refractivity contribution in [3.63, 3.8) is 0 Å². The van der Waals surface area contributed by atoms with E-state index in [2.05, 4.69) is 13.8 Å². The van der Waals surface area contributed by atoms with E-state index in [-0.39, 0.29) is 16.9 Å². The fraction of sp³-hybridized carbons (Fsp3) is 0.850. The van der Waals surface area contributed by atoms with Crippen LogP contribution in [0.5, 0.6) is 0 Å². The van der Waals surface area contributed by atoms with Crippen molar-refractivity contribution in [1.82, 2.24) is 0 Å². The van der Waals surface area contributed by atoms with Crippen molar-refractivity contribution in [2.75, 3.05) is 0 Å². The van der Waals surface area contributed by atoms with Gasteiger partial charge in [-0.3, -0.25) is 4.79 Å². The first-order valence-electron chi connectivity index (χ1n) is 9.37. The zero-order valence-corrected chi connectivity index (χ0v) is 14.1. The van der Waals surface area contributed by atoms with Crippen molar-refractivity contribution in [1.29, 1.82) is 0 Å². The molecular weight excluding hydrogens is 272 g/mol. The first kappa shape index (κ1) is 14.9. The number of hydrogen-bond acceptors (Lipinski definition) is 2. The maximum atomic E-state index is 11.8. The third-order valence-corrected chi connectivity index (χ3v) is 8.15. The summed E-state index contributed by atoms with van der Waals surface area (Å²) in [5.41, 5.74) is 1.87. The summed E-state index contributed by atoms with van der Waals surface area (Å²) < 4.78 is 0. The molecule has 0 heterocycles. The summed E-state index contributed by atoms with van der Waals surface area (Å²) in [6.45, 7) is 4.79. The average Bonchev–Trinajstić information content (AvgIpc) is 2.49. The van der Waals surface area contributed by atoms with Crippen molar-refractivity contribution in [3.8, 4) is 0 Å². The van der Waals surface area contributed by atoms with Gasteiger partial charge in [0.05, 0.1) is 6.10 Å². The van der Waals surface area contributed by atoms with Crippen LogP contribution < -0.4 is 0 Å². The van der Waals surface area contributed by atoms with E-state index in [0.717, 1.165) is 37.5 Å². The van der Waals surface area contributed by atoms with Gasteiger partial charge < -0.3 is 5.11 Å². The van der Waals surface area contributed by atoms with E-state index in [1.807, 2.05) is 6.08 Å². The van der Waals surface area contributed by atoms with Crippen LogP contribution in [-0.2, 0) is 4.79 Å². The number of hydrogen-bond donors (Lipinski definition) is 1. The summed E-state index contributed by atoms with van der Waals surface area (Å²) in [6.07, 6.45) is 12.0. The lowest BCUT2D eigenvalue weighted by Crippen LogP contribution is -2.55. The number of ketones is 1. The van der Waals surface area contributed by atoms with Gasteiger partial charge in [0, 0.05) is 6.42 Å². The van der Waals surface area contributed by atoms with Crippen LogP contribution in [-0.4, -0.2) is 17.0 Å². The second-order valence-electron chi connectivity index (χ2n) is 8.96. The fourth-order valence-corrected chi connectivity index (χ4v) is 6.73. The van der Waals surface area contributed by atoms with E-state index in [0.29, 0.717) is 11.7 Å². The van der Waals surface area contributed by atoms with Gasteiger partial charge in [-0.15, -0.1) is 0 Å². The van der Waals surface area contributed by atoms with E-state index < -0.39 is 0 Å². The number of carbonyl (C=O) groups is 1. The van der Waals surface area contributed by atoms with Gasteiger partial charge >= 0.3 is 0 Å². The third-order valence-electron chi connectivity index (χ3n) is 8.15. The first-order chi connectivity index (χ1) is 10.4. The molecule has 122 valence electrons. The predicted octanol–water partition coefficient (Wildman–Crippen LogP) is 4.27. The molecule has 0 aromatic carbocycles. The number of allylic oxidation sites excluding steroid dienone is 2. The number of aliphatic hydroxyl groups is 1. The summed E-state index contributed by atoms with van der Waals surface area (Å²) >= 11 is 0. The first-order valence-corrected chi connectivity index (χ1v) is 9.37. The lowest BCUT2D eigenvalue weighted by molar-refractivity contribution is -0.133. The van der Waals surface area contributed by atoms with Gasteiger partial charge in [-0.2, -0.15) is 0 Å². The van der Waals surface area contributed by atoms with Crippen LogP contribution >= 0.6 is 0 Å². The molecule has 0 aromatic rings. The van der Waals surface area contributed by atoms with Crippen LogP contribution in [0.3, 0.4) is 0 Å². The van der Waals surface area contributed by atoms with Gasteiger partial charge in [0.15, 0.2) is 5.78 Å². The highest BCUT2D eigenvalue weighted by molar-refractivity contribution is 5.91. The normalized spacial score (nSPS) is 51.4. The van der Waals surface area contributed by atoms with E-state index in [1.54, 1.807) is 0 Å². The highest BCUT2D eigenvalue weighted by atomic mass is 16.3. The smallest absolute Gasteiger partial charge is 0.155 e. The van der Waals surface area contributed by atoms with E-state index in [9.17, 15) is 9.90 Å².